The van der Waals surface area contributed by atoms with E-state index in [4.69, 9.17) is 10.2 Å². The normalized spacial score (nSPS) is 13.7. The molecule has 0 bridgehead atoms. The SMILES string of the molecule is CC(N)c1ccc(C(=O)NC(C)(C)C)o1. The Morgan fingerprint density at radius 2 is 2.07 bits per heavy atom. The molecule has 0 saturated heterocycles. The molecule has 0 spiro atoms. The monoisotopic (exact) mass is 210 g/mol. The van der Waals surface area contributed by atoms with Gasteiger partial charge in [-0.3, -0.25) is 4.79 Å². The van der Waals surface area contributed by atoms with Crippen molar-refractivity contribution in [3.05, 3.63) is 23.7 Å². The van der Waals surface area contributed by atoms with Crippen molar-refractivity contribution in [3.63, 3.8) is 0 Å². The lowest BCUT2D eigenvalue weighted by molar-refractivity contribution is 0.0889. The zero-order valence-electron chi connectivity index (χ0n) is 9.63. The molecular formula is C11H18N2O2. The maximum atomic E-state index is 11.7. The number of rotatable bonds is 2. The first-order chi connectivity index (χ1) is 6.79. The fourth-order valence-electron chi connectivity index (χ4n) is 1.12. The summed E-state index contributed by atoms with van der Waals surface area (Å²) in [6, 6.07) is 3.17. The highest BCUT2D eigenvalue weighted by Crippen LogP contribution is 2.14. The molecule has 0 aliphatic heterocycles. The molecule has 1 atom stereocenters. The van der Waals surface area contributed by atoms with Gasteiger partial charge in [0.15, 0.2) is 5.76 Å². The van der Waals surface area contributed by atoms with Crippen LogP contribution < -0.4 is 11.1 Å². The largest absolute Gasteiger partial charge is 0.454 e. The molecule has 1 aromatic heterocycles. The van der Waals surface area contributed by atoms with Gasteiger partial charge >= 0.3 is 0 Å². The van der Waals surface area contributed by atoms with Gasteiger partial charge in [-0.05, 0) is 39.8 Å². The Morgan fingerprint density at radius 3 is 2.47 bits per heavy atom. The van der Waals surface area contributed by atoms with E-state index in [0.29, 0.717) is 11.5 Å². The number of furan rings is 1. The summed E-state index contributed by atoms with van der Waals surface area (Å²) in [4.78, 5) is 11.7. The van der Waals surface area contributed by atoms with Crippen molar-refractivity contribution in [3.8, 4) is 0 Å². The molecule has 1 unspecified atom stereocenters. The number of carbonyl (C=O) groups is 1. The minimum Gasteiger partial charge on any atom is -0.454 e. The van der Waals surface area contributed by atoms with Crippen molar-refractivity contribution < 1.29 is 9.21 Å². The van der Waals surface area contributed by atoms with Gasteiger partial charge < -0.3 is 15.5 Å². The molecule has 4 heteroatoms. The lowest BCUT2D eigenvalue weighted by Crippen LogP contribution is -2.40. The molecular weight excluding hydrogens is 192 g/mol. The molecule has 1 heterocycles. The number of nitrogens with one attached hydrogen (secondary N) is 1. The van der Waals surface area contributed by atoms with Crippen LogP contribution in [-0.4, -0.2) is 11.4 Å². The van der Waals surface area contributed by atoms with Crippen molar-refractivity contribution in [2.24, 2.45) is 5.73 Å². The number of hydrogen-bond acceptors (Lipinski definition) is 3. The Morgan fingerprint density at radius 1 is 1.47 bits per heavy atom. The van der Waals surface area contributed by atoms with E-state index < -0.39 is 0 Å². The number of nitrogens with two attached hydrogens (primary N) is 1. The summed E-state index contributed by atoms with van der Waals surface area (Å²) in [5.74, 6) is 0.709. The van der Waals surface area contributed by atoms with Gasteiger partial charge in [0.25, 0.3) is 5.91 Å². The first-order valence-electron chi connectivity index (χ1n) is 4.97. The quantitative estimate of drug-likeness (QED) is 0.782. The molecule has 0 saturated carbocycles. The van der Waals surface area contributed by atoms with Crippen LogP contribution in [0, 0.1) is 0 Å². The summed E-state index contributed by atoms with van der Waals surface area (Å²) in [6.45, 7) is 7.56. The standard InChI is InChI=1S/C11H18N2O2/c1-7(12)8-5-6-9(15-8)10(14)13-11(2,3)4/h5-7H,12H2,1-4H3,(H,13,14). The fraction of sp³-hybridized carbons (Fsp3) is 0.545. The Bertz CT molecular complexity index is 348. The van der Waals surface area contributed by atoms with E-state index >= 15 is 0 Å². The van der Waals surface area contributed by atoms with E-state index in [0.717, 1.165) is 0 Å². The molecule has 1 rings (SSSR count). The topological polar surface area (TPSA) is 68.3 Å². The van der Waals surface area contributed by atoms with E-state index in [1.165, 1.54) is 0 Å². The zero-order valence-corrected chi connectivity index (χ0v) is 9.63. The summed E-state index contributed by atoms with van der Waals surface area (Å²) in [6.07, 6.45) is 0. The summed E-state index contributed by atoms with van der Waals surface area (Å²) < 4.78 is 5.32. The van der Waals surface area contributed by atoms with Crippen molar-refractivity contribution >= 4 is 5.91 Å². The van der Waals surface area contributed by atoms with Crippen LogP contribution in [0.25, 0.3) is 0 Å². The molecule has 0 fully saturated rings. The second-order valence-electron chi connectivity index (χ2n) is 4.69. The highest BCUT2D eigenvalue weighted by molar-refractivity contribution is 5.91. The van der Waals surface area contributed by atoms with Gasteiger partial charge in [0.1, 0.15) is 5.76 Å². The van der Waals surface area contributed by atoms with E-state index in [-0.39, 0.29) is 17.5 Å². The average molecular weight is 210 g/mol. The maximum Gasteiger partial charge on any atom is 0.287 e. The van der Waals surface area contributed by atoms with Gasteiger partial charge in [0.05, 0.1) is 6.04 Å². The van der Waals surface area contributed by atoms with Gasteiger partial charge in [0.2, 0.25) is 0 Å². The van der Waals surface area contributed by atoms with Crippen LogP contribution in [-0.2, 0) is 0 Å². The van der Waals surface area contributed by atoms with Gasteiger partial charge in [-0.25, -0.2) is 0 Å². The van der Waals surface area contributed by atoms with Crippen LogP contribution in [0.4, 0.5) is 0 Å². The minimum atomic E-state index is -0.266. The number of hydrogen-bond donors (Lipinski definition) is 2. The summed E-state index contributed by atoms with van der Waals surface area (Å²) >= 11 is 0. The summed E-state index contributed by atoms with van der Waals surface area (Å²) in [5, 5.41) is 2.81. The van der Waals surface area contributed by atoms with Crippen LogP contribution >= 0.6 is 0 Å². The average Bonchev–Trinajstić information content (AvgIpc) is 2.47. The van der Waals surface area contributed by atoms with Crippen molar-refractivity contribution in [1.82, 2.24) is 5.32 Å². The van der Waals surface area contributed by atoms with Crippen LogP contribution in [0.3, 0.4) is 0 Å². The van der Waals surface area contributed by atoms with Crippen LogP contribution in [0.2, 0.25) is 0 Å². The lowest BCUT2D eigenvalue weighted by Gasteiger charge is -2.19. The highest BCUT2D eigenvalue weighted by Gasteiger charge is 2.18. The minimum absolute atomic E-state index is 0.193. The molecule has 0 radical (unpaired) electrons. The second kappa shape index (κ2) is 4.06. The number of carbonyl (C=O) groups excluding carboxylic acids is 1. The van der Waals surface area contributed by atoms with Crippen molar-refractivity contribution in [2.45, 2.75) is 39.3 Å². The third-order valence-corrected chi connectivity index (χ3v) is 1.79. The molecule has 0 aromatic carbocycles. The summed E-state index contributed by atoms with van der Waals surface area (Å²) in [7, 11) is 0. The predicted octanol–water partition coefficient (Wildman–Crippen LogP) is 1.83. The van der Waals surface area contributed by atoms with Crippen LogP contribution in [0.5, 0.6) is 0 Å². The second-order valence-corrected chi connectivity index (χ2v) is 4.69. The fourth-order valence-corrected chi connectivity index (χ4v) is 1.12. The third-order valence-electron chi connectivity index (χ3n) is 1.79. The molecule has 3 N–H and O–H groups in total. The van der Waals surface area contributed by atoms with Gasteiger partial charge in [-0.2, -0.15) is 0 Å². The van der Waals surface area contributed by atoms with Crippen LogP contribution in [0.15, 0.2) is 16.5 Å². The third kappa shape index (κ3) is 3.40. The Labute approximate surface area is 89.8 Å². The molecule has 0 aliphatic carbocycles. The van der Waals surface area contributed by atoms with E-state index in [9.17, 15) is 4.79 Å². The first kappa shape index (κ1) is 11.8. The maximum absolute atomic E-state index is 11.7. The Balaban J connectivity index is 2.75. The van der Waals surface area contributed by atoms with Gasteiger partial charge in [0, 0.05) is 5.54 Å². The Kier molecular flexibility index (Phi) is 3.19. The van der Waals surface area contributed by atoms with E-state index in [1.807, 2.05) is 27.7 Å². The van der Waals surface area contributed by atoms with Crippen molar-refractivity contribution in [2.75, 3.05) is 0 Å². The lowest BCUT2D eigenvalue weighted by atomic mass is 10.1. The van der Waals surface area contributed by atoms with Gasteiger partial charge in [-0.1, -0.05) is 0 Å². The summed E-state index contributed by atoms with van der Waals surface area (Å²) in [5.41, 5.74) is 5.36. The molecule has 1 amide bonds. The van der Waals surface area contributed by atoms with Crippen molar-refractivity contribution in [1.29, 1.82) is 0 Å². The smallest absolute Gasteiger partial charge is 0.287 e. The first-order valence-corrected chi connectivity index (χ1v) is 4.97. The zero-order chi connectivity index (χ0) is 11.6. The molecule has 1 aromatic rings. The predicted molar refractivity (Wildman–Crippen MR) is 58.5 cm³/mol. The highest BCUT2D eigenvalue weighted by atomic mass is 16.4. The molecule has 0 aliphatic rings. The molecule has 4 nitrogen and oxygen atoms in total. The molecule has 84 valence electrons. The number of amides is 1. The molecule has 15 heavy (non-hydrogen) atoms. The van der Waals surface area contributed by atoms with Gasteiger partial charge in [-0.15, -0.1) is 0 Å². The van der Waals surface area contributed by atoms with E-state index in [1.54, 1.807) is 12.1 Å². The van der Waals surface area contributed by atoms with Crippen LogP contribution in [0.1, 0.15) is 50.1 Å². The Hall–Kier alpha value is -1.29. The van der Waals surface area contributed by atoms with E-state index in [2.05, 4.69) is 5.32 Å².